The molecule has 0 atom stereocenters. The fourth-order valence-electron chi connectivity index (χ4n) is 2.63. The summed E-state index contributed by atoms with van der Waals surface area (Å²) >= 11 is 0. The molecule has 1 heterocycles. The molecular formula is C22H21N3O2. The summed E-state index contributed by atoms with van der Waals surface area (Å²) in [6.07, 6.45) is 1.61. The lowest BCUT2D eigenvalue weighted by Crippen LogP contribution is -2.24. The van der Waals surface area contributed by atoms with Crippen LogP contribution in [0.4, 0.5) is 11.4 Å². The van der Waals surface area contributed by atoms with Gasteiger partial charge in [0.2, 0.25) is 0 Å². The number of benzene rings is 2. The zero-order valence-electron chi connectivity index (χ0n) is 15.3. The number of hydrogen-bond acceptors (Lipinski definition) is 4. The number of pyridine rings is 1. The van der Waals surface area contributed by atoms with Gasteiger partial charge >= 0.3 is 0 Å². The van der Waals surface area contributed by atoms with Crippen molar-refractivity contribution in [3.05, 3.63) is 89.2 Å². The fraction of sp³-hybridized carbons (Fsp3) is 0.136. The van der Waals surface area contributed by atoms with Crippen molar-refractivity contribution in [1.29, 1.82) is 0 Å². The minimum Gasteiger partial charge on any atom is -0.354 e. The third-order valence-electron chi connectivity index (χ3n) is 4.28. The largest absolute Gasteiger partial charge is 0.354 e. The Balaban J connectivity index is 1.60. The Bertz CT molecular complexity index is 948. The number of rotatable bonds is 6. The Morgan fingerprint density at radius 1 is 0.926 bits per heavy atom. The SMILES string of the molecule is CC(=O)c1ccc(Nc2ccc(C(=O)NCc3ccccc3C)nc2)cc1. The number of Topliss-reactive ketones (excluding diaryl/α,β-unsaturated/α-hetero) is 1. The van der Waals surface area contributed by atoms with E-state index in [2.05, 4.69) is 15.6 Å². The maximum absolute atomic E-state index is 12.3. The Hall–Kier alpha value is -3.47. The first-order valence-electron chi connectivity index (χ1n) is 8.70. The summed E-state index contributed by atoms with van der Waals surface area (Å²) in [6, 6.07) is 18.6. The Labute approximate surface area is 158 Å². The lowest BCUT2D eigenvalue weighted by Gasteiger charge is -2.09. The van der Waals surface area contributed by atoms with Gasteiger partial charge in [0.1, 0.15) is 5.69 Å². The summed E-state index contributed by atoms with van der Waals surface area (Å²) in [6.45, 7) is 4.02. The van der Waals surface area contributed by atoms with Crippen LogP contribution >= 0.6 is 0 Å². The molecule has 136 valence electrons. The van der Waals surface area contributed by atoms with Crippen LogP contribution in [0.3, 0.4) is 0 Å². The minimum absolute atomic E-state index is 0.0317. The molecule has 1 aromatic heterocycles. The van der Waals surface area contributed by atoms with Crippen molar-refractivity contribution in [3.63, 3.8) is 0 Å². The van der Waals surface area contributed by atoms with Crippen LogP contribution in [0.5, 0.6) is 0 Å². The number of aromatic nitrogens is 1. The van der Waals surface area contributed by atoms with Crippen molar-refractivity contribution in [3.8, 4) is 0 Å². The van der Waals surface area contributed by atoms with Crippen LogP contribution in [-0.4, -0.2) is 16.7 Å². The predicted octanol–water partition coefficient (Wildman–Crippen LogP) is 4.27. The van der Waals surface area contributed by atoms with Crippen LogP contribution in [0.1, 0.15) is 38.9 Å². The molecule has 0 saturated carbocycles. The molecule has 0 aliphatic rings. The molecule has 3 rings (SSSR count). The first kappa shape index (κ1) is 18.3. The van der Waals surface area contributed by atoms with E-state index in [0.29, 0.717) is 17.8 Å². The highest BCUT2D eigenvalue weighted by Gasteiger charge is 2.08. The van der Waals surface area contributed by atoms with Crippen LogP contribution in [0.2, 0.25) is 0 Å². The van der Waals surface area contributed by atoms with Crippen molar-refractivity contribution in [1.82, 2.24) is 10.3 Å². The maximum atomic E-state index is 12.3. The zero-order valence-corrected chi connectivity index (χ0v) is 15.3. The highest BCUT2D eigenvalue weighted by molar-refractivity contribution is 5.94. The minimum atomic E-state index is -0.212. The molecule has 0 radical (unpaired) electrons. The lowest BCUT2D eigenvalue weighted by atomic mass is 10.1. The molecule has 0 fully saturated rings. The van der Waals surface area contributed by atoms with E-state index in [1.165, 1.54) is 6.92 Å². The highest BCUT2D eigenvalue weighted by atomic mass is 16.1. The van der Waals surface area contributed by atoms with E-state index < -0.39 is 0 Å². The molecule has 0 aliphatic heterocycles. The normalized spacial score (nSPS) is 10.3. The van der Waals surface area contributed by atoms with Crippen molar-refractivity contribution >= 4 is 23.1 Å². The van der Waals surface area contributed by atoms with Gasteiger partial charge in [-0.05, 0) is 61.4 Å². The molecule has 0 aliphatic carbocycles. The third-order valence-corrected chi connectivity index (χ3v) is 4.28. The second kappa shape index (κ2) is 8.27. The average Bonchev–Trinajstić information content (AvgIpc) is 2.68. The number of carbonyl (C=O) groups excluding carboxylic acids is 2. The topological polar surface area (TPSA) is 71.1 Å². The van der Waals surface area contributed by atoms with E-state index in [9.17, 15) is 9.59 Å². The van der Waals surface area contributed by atoms with Crippen LogP contribution in [0, 0.1) is 6.92 Å². The predicted molar refractivity (Wildman–Crippen MR) is 106 cm³/mol. The fourth-order valence-corrected chi connectivity index (χ4v) is 2.63. The molecule has 5 nitrogen and oxygen atoms in total. The molecule has 0 spiro atoms. The van der Waals surface area contributed by atoms with Crippen molar-refractivity contribution in [2.24, 2.45) is 0 Å². The molecule has 0 bridgehead atoms. The zero-order chi connectivity index (χ0) is 19.2. The van der Waals surface area contributed by atoms with Crippen LogP contribution in [0.25, 0.3) is 0 Å². The van der Waals surface area contributed by atoms with E-state index in [4.69, 9.17) is 0 Å². The Kier molecular flexibility index (Phi) is 5.61. The van der Waals surface area contributed by atoms with Gasteiger partial charge in [0.25, 0.3) is 5.91 Å². The van der Waals surface area contributed by atoms with Crippen LogP contribution < -0.4 is 10.6 Å². The van der Waals surface area contributed by atoms with Crippen LogP contribution in [-0.2, 0) is 6.54 Å². The summed E-state index contributed by atoms with van der Waals surface area (Å²) in [7, 11) is 0. The van der Waals surface area contributed by atoms with E-state index >= 15 is 0 Å². The molecular weight excluding hydrogens is 338 g/mol. The summed E-state index contributed by atoms with van der Waals surface area (Å²) in [5.41, 5.74) is 4.86. The summed E-state index contributed by atoms with van der Waals surface area (Å²) in [4.78, 5) is 27.8. The molecule has 2 N–H and O–H groups in total. The number of aryl methyl sites for hydroxylation is 1. The second-order valence-corrected chi connectivity index (χ2v) is 6.30. The molecule has 1 amide bonds. The molecule has 27 heavy (non-hydrogen) atoms. The second-order valence-electron chi connectivity index (χ2n) is 6.30. The van der Waals surface area contributed by atoms with Gasteiger partial charge in [-0.2, -0.15) is 0 Å². The quantitative estimate of drug-likeness (QED) is 0.645. The van der Waals surface area contributed by atoms with Crippen LogP contribution in [0.15, 0.2) is 66.9 Å². The van der Waals surface area contributed by atoms with E-state index in [0.717, 1.165) is 22.5 Å². The maximum Gasteiger partial charge on any atom is 0.270 e. The van der Waals surface area contributed by atoms with Gasteiger partial charge in [-0.25, -0.2) is 4.98 Å². The number of carbonyl (C=O) groups is 2. The molecule has 5 heteroatoms. The highest BCUT2D eigenvalue weighted by Crippen LogP contribution is 2.17. The van der Waals surface area contributed by atoms with Gasteiger partial charge in [-0.3, -0.25) is 9.59 Å². The van der Waals surface area contributed by atoms with Gasteiger partial charge in [-0.15, -0.1) is 0 Å². The van der Waals surface area contributed by atoms with Crippen molar-refractivity contribution < 1.29 is 9.59 Å². The van der Waals surface area contributed by atoms with Gasteiger partial charge in [0.15, 0.2) is 5.78 Å². The first-order chi connectivity index (χ1) is 13.0. The van der Waals surface area contributed by atoms with Gasteiger partial charge in [0, 0.05) is 17.8 Å². The standard InChI is InChI=1S/C22H21N3O2/c1-15-5-3-4-6-18(15)13-24-22(27)21-12-11-20(14-23-21)25-19-9-7-17(8-10-19)16(2)26/h3-12,14,25H,13H2,1-2H3,(H,24,27). The number of nitrogens with one attached hydrogen (secondary N) is 2. The lowest BCUT2D eigenvalue weighted by molar-refractivity contribution is 0.0945. The summed E-state index contributed by atoms with van der Waals surface area (Å²) in [5.74, 6) is -0.181. The Morgan fingerprint density at radius 2 is 1.63 bits per heavy atom. The molecule has 0 saturated heterocycles. The van der Waals surface area contributed by atoms with E-state index in [1.54, 1.807) is 30.5 Å². The van der Waals surface area contributed by atoms with Crippen molar-refractivity contribution in [2.45, 2.75) is 20.4 Å². The number of nitrogens with zero attached hydrogens (tertiary/aromatic N) is 1. The number of hydrogen-bond donors (Lipinski definition) is 2. The molecule has 3 aromatic rings. The van der Waals surface area contributed by atoms with Gasteiger partial charge in [-0.1, -0.05) is 24.3 Å². The number of amides is 1. The van der Waals surface area contributed by atoms with Gasteiger partial charge in [0.05, 0.1) is 11.9 Å². The molecule has 2 aromatic carbocycles. The van der Waals surface area contributed by atoms with Gasteiger partial charge < -0.3 is 10.6 Å². The number of ketones is 1. The first-order valence-corrected chi connectivity index (χ1v) is 8.70. The Morgan fingerprint density at radius 3 is 2.26 bits per heavy atom. The van der Waals surface area contributed by atoms with Crippen molar-refractivity contribution in [2.75, 3.05) is 5.32 Å². The third kappa shape index (κ3) is 4.79. The molecule has 0 unspecified atom stereocenters. The monoisotopic (exact) mass is 359 g/mol. The smallest absolute Gasteiger partial charge is 0.270 e. The average molecular weight is 359 g/mol. The summed E-state index contributed by atoms with van der Waals surface area (Å²) < 4.78 is 0. The van der Waals surface area contributed by atoms with E-state index in [-0.39, 0.29) is 11.7 Å². The summed E-state index contributed by atoms with van der Waals surface area (Å²) in [5, 5.41) is 6.08. The number of anilines is 2. The van der Waals surface area contributed by atoms with E-state index in [1.807, 2.05) is 43.3 Å².